The quantitative estimate of drug-likeness (QED) is 0.830. The van der Waals surface area contributed by atoms with Crippen molar-refractivity contribution >= 4 is 29.7 Å². The van der Waals surface area contributed by atoms with Gasteiger partial charge in [-0.3, -0.25) is 9.69 Å². The molecule has 5 nitrogen and oxygen atoms in total. The number of aromatic nitrogens is 1. The lowest BCUT2D eigenvalue weighted by Gasteiger charge is -2.35. The molecule has 0 spiro atoms. The van der Waals surface area contributed by atoms with Crippen molar-refractivity contribution in [2.24, 2.45) is 0 Å². The molecule has 1 amide bonds. The molecule has 1 aromatic carbocycles. The van der Waals surface area contributed by atoms with Crippen LogP contribution in [0.1, 0.15) is 15.9 Å². The van der Waals surface area contributed by atoms with E-state index in [1.54, 1.807) is 25.4 Å². The monoisotopic (exact) mass is 377 g/mol. The van der Waals surface area contributed by atoms with Crippen molar-refractivity contribution in [2.45, 2.75) is 6.54 Å². The summed E-state index contributed by atoms with van der Waals surface area (Å²) in [4.78, 5) is 19.7. The zero-order valence-corrected chi connectivity index (χ0v) is 15.6. The Morgan fingerprint density at radius 1 is 1.28 bits per heavy atom. The van der Waals surface area contributed by atoms with Crippen LogP contribution >= 0.6 is 23.8 Å². The van der Waals surface area contributed by atoms with Crippen LogP contribution in [-0.2, 0) is 6.54 Å². The molecule has 1 aliphatic heterocycles. The van der Waals surface area contributed by atoms with Gasteiger partial charge in [0.1, 0.15) is 10.4 Å². The molecule has 1 saturated heterocycles. The van der Waals surface area contributed by atoms with Gasteiger partial charge in [-0.15, -0.1) is 0 Å². The van der Waals surface area contributed by atoms with Gasteiger partial charge in [0.05, 0.1) is 12.7 Å². The van der Waals surface area contributed by atoms with E-state index in [1.165, 1.54) is 0 Å². The van der Waals surface area contributed by atoms with Gasteiger partial charge in [0.15, 0.2) is 0 Å². The highest BCUT2D eigenvalue weighted by atomic mass is 35.5. The summed E-state index contributed by atoms with van der Waals surface area (Å²) in [6.07, 6.45) is 1.73. The summed E-state index contributed by atoms with van der Waals surface area (Å²) in [6.45, 7) is 3.68. The Kier molecular flexibility index (Phi) is 5.73. The molecule has 0 atom stereocenters. The minimum atomic E-state index is -0.0122. The number of benzene rings is 1. The Morgan fingerprint density at radius 3 is 2.72 bits per heavy atom. The first-order chi connectivity index (χ1) is 12.1. The highest BCUT2D eigenvalue weighted by Gasteiger charge is 2.23. The summed E-state index contributed by atoms with van der Waals surface area (Å²) in [5.74, 6) is 0.820. The van der Waals surface area contributed by atoms with Gasteiger partial charge in [-0.2, -0.15) is 0 Å². The van der Waals surface area contributed by atoms with Gasteiger partial charge in [0, 0.05) is 49.5 Å². The lowest BCUT2D eigenvalue weighted by Crippen LogP contribution is -2.48. The lowest BCUT2D eigenvalue weighted by molar-refractivity contribution is 0.0626. The number of rotatable bonds is 4. The van der Waals surface area contributed by atoms with E-state index >= 15 is 0 Å². The van der Waals surface area contributed by atoms with Crippen LogP contribution in [0.2, 0.25) is 5.02 Å². The van der Waals surface area contributed by atoms with Crippen LogP contribution in [-0.4, -0.2) is 54.0 Å². The molecule has 3 rings (SSSR count). The fourth-order valence-electron chi connectivity index (χ4n) is 2.98. The number of hydrogen-bond donors (Lipinski definition) is 1. The van der Waals surface area contributed by atoms with Gasteiger partial charge in [-0.1, -0.05) is 23.8 Å². The first-order valence-corrected chi connectivity index (χ1v) is 8.89. The van der Waals surface area contributed by atoms with Crippen molar-refractivity contribution in [3.8, 4) is 5.75 Å². The molecule has 2 aromatic rings. The minimum absolute atomic E-state index is 0.0122. The maximum Gasteiger partial charge on any atom is 0.256 e. The van der Waals surface area contributed by atoms with Crippen LogP contribution in [0.15, 0.2) is 36.5 Å². The fourth-order valence-corrected chi connectivity index (χ4v) is 3.40. The predicted octanol–water partition coefficient (Wildman–Crippen LogP) is 3.36. The number of halogens is 1. The summed E-state index contributed by atoms with van der Waals surface area (Å²) >= 11 is 11.3. The lowest BCUT2D eigenvalue weighted by atomic mass is 10.1. The van der Waals surface area contributed by atoms with E-state index in [4.69, 9.17) is 28.6 Å². The molecule has 1 aliphatic rings. The van der Waals surface area contributed by atoms with E-state index in [-0.39, 0.29) is 5.91 Å². The molecular formula is C18H20ClN3O2S. The molecule has 1 fully saturated rings. The Hall–Kier alpha value is -1.89. The maximum atomic E-state index is 12.6. The average Bonchev–Trinajstić information content (AvgIpc) is 2.62. The van der Waals surface area contributed by atoms with Crippen LogP contribution in [0.25, 0.3) is 0 Å². The van der Waals surface area contributed by atoms with Crippen LogP contribution in [0.5, 0.6) is 5.75 Å². The summed E-state index contributed by atoms with van der Waals surface area (Å²) in [5.41, 5.74) is 1.61. The number of hydrogen-bond acceptors (Lipinski definition) is 4. The van der Waals surface area contributed by atoms with Crippen molar-refractivity contribution in [1.29, 1.82) is 0 Å². The van der Waals surface area contributed by atoms with Crippen LogP contribution in [0, 0.1) is 4.64 Å². The second-order valence-corrected chi connectivity index (χ2v) is 6.78. The third-order valence-corrected chi connectivity index (χ3v) is 4.92. The van der Waals surface area contributed by atoms with Gasteiger partial charge in [-0.05, 0) is 30.3 Å². The van der Waals surface area contributed by atoms with E-state index in [0.29, 0.717) is 28.3 Å². The van der Waals surface area contributed by atoms with Crippen LogP contribution < -0.4 is 4.74 Å². The van der Waals surface area contributed by atoms with Crippen molar-refractivity contribution in [1.82, 2.24) is 14.8 Å². The predicted molar refractivity (Wildman–Crippen MR) is 101 cm³/mol. The Labute approximate surface area is 157 Å². The summed E-state index contributed by atoms with van der Waals surface area (Å²) in [6, 6.07) is 9.20. The van der Waals surface area contributed by atoms with Gasteiger partial charge in [0.25, 0.3) is 5.91 Å². The first-order valence-electron chi connectivity index (χ1n) is 8.10. The Bertz CT molecular complexity index is 816. The number of ether oxygens (including phenoxy) is 1. The normalized spacial score (nSPS) is 15.2. The fraction of sp³-hybridized carbons (Fsp3) is 0.333. The van der Waals surface area contributed by atoms with Gasteiger partial charge >= 0.3 is 0 Å². The zero-order valence-electron chi connectivity index (χ0n) is 14.0. The summed E-state index contributed by atoms with van der Waals surface area (Å²) < 4.78 is 5.89. The average molecular weight is 378 g/mol. The molecular weight excluding hydrogens is 358 g/mol. The number of carbonyl (C=O) groups is 1. The topological polar surface area (TPSA) is 48.6 Å². The van der Waals surface area contributed by atoms with E-state index in [9.17, 15) is 4.79 Å². The summed E-state index contributed by atoms with van der Waals surface area (Å²) in [5, 5.41) is 0.697. The third-order valence-electron chi connectivity index (χ3n) is 4.34. The SMILES string of the molecule is COc1ccc(Cl)cc1CN1CCN(C(=O)c2ccc[nH]c2=S)CC1. The molecule has 1 aromatic heterocycles. The zero-order chi connectivity index (χ0) is 17.8. The molecule has 0 unspecified atom stereocenters. The summed E-state index contributed by atoms with van der Waals surface area (Å²) in [7, 11) is 1.66. The van der Waals surface area contributed by atoms with Gasteiger partial charge < -0.3 is 14.6 Å². The highest BCUT2D eigenvalue weighted by molar-refractivity contribution is 7.71. The highest BCUT2D eigenvalue weighted by Crippen LogP contribution is 2.24. The molecule has 132 valence electrons. The number of nitrogens with one attached hydrogen (secondary N) is 1. The largest absolute Gasteiger partial charge is 0.496 e. The number of amides is 1. The molecule has 0 radical (unpaired) electrons. The molecule has 7 heteroatoms. The number of piperazine rings is 1. The maximum absolute atomic E-state index is 12.6. The first kappa shape index (κ1) is 17.9. The van der Waals surface area contributed by atoms with Crippen molar-refractivity contribution in [3.05, 3.63) is 57.3 Å². The number of nitrogens with zero attached hydrogens (tertiary/aromatic N) is 2. The molecule has 2 heterocycles. The molecule has 25 heavy (non-hydrogen) atoms. The standard InChI is InChI=1S/C18H20ClN3O2S/c1-24-16-5-4-14(19)11-13(16)12-21-7-9-22(10-8-21)18(23)15-3-2-6-20-17(15)25/h2-6,11H,7-10,12H2,1H3,(H,20,25). The second-order valence-electron chi connectivity index (χ2n) is 5.94. The number of pyridine rings is 1. The molecule has 0 saturated carbocycles. The molecule has 0 aliphatic carbocycles. The van der Waals surface area contributed by atoms with E-state index in [0.717, 1.165) is 30.9 Å². The van der Waals surface area contributed by atoms with Crippen LogP contribution in [0.3, 0.4) is 0 Å². The van der Waals surface area contributed by atoms with Crippen molar-refractivity contribution < 1.29 is 9.53 Å². The number of methoxy groups -OCH3 is 1. The van der Waals surface area contributed by atoms with E-state index in [2.05, 4.69) is 9.88 Å². The minimum Gasteiger partial charge on any atom is -0.496 e. The molecule has 1 N–H and O–H groups in total. The number of H-pyrrole nitrogens is 1. The second kappa shape index (κ2) is 7.99. The van der Waals surface area contributed by atoms with E-state index < -0.39 is 0 Å². The molecule has 0 bridgehead atoms. The smallest absolute Gasteiger partial charge is 0.256 e. The van der Waals surface area contributed by atoms with Gasteiger partial charge in [0.2, 0.25) is 0 Å². The number of carbonyl (C=O) groups excluding carboxylic acids is 1. The van der Waals surface area contributed by atoms with Gasteiger partial charge in [-0.25, -0.2) is 0 Å². The van der Waals surface area contributed by atoms with E-state index in [1.807, 2.05) is 23.1 Å². The van der Waals surface area contributed by atoms with Crippen molar-refractivity contribution in [3.63, 3.8) is 0 Å². The van der Waals surface area contributed by atoms with Crippen molar-refractivity contribution in [2.75, 3.05) is 33.3 Å². The number of aromatic amines is 1. The Morgan fingerprint density at radius 2 is 2.04 bits per heavy atom. The van der Waals surface area contributed by atoms with Crippen LogP contribution in [0.4, 0.5) is 0 Å². The Balaban J connectivity index is 1.63. The third kappa shape index (κ3) is 4.21.